The van der Waals surface area contributed by atoms with Crippen LogP contribution in [0.1, 0.15) is 41.0 Å². The molecule has 1 N–H and O–H groups in total. The molecular formula is C49H36N4. The number of allylic oxidation sites excluding steroid dienone is 1. The van der Waals surface area contributed by atoms with E-state index in [1.807, 2.05) is 0 Å². The molecule has 7 aromatic carbocycles. The van der Waals surface area contributed by atoms with Crippen molar-refractivity contribution >= 4 is 66.7 Å². The molecule has 0 radical (unpaired) electrons. The van der Waals surface area contributed by atoms with Crippen LogP contribution in [0.5, 0.6) is 0 Å². The monoisotopic (exact) mass is 680 g/mol. The number of hydrogen-bond acceptors (Lipinski definition) is 2. The second kappa shape index (κ2) is 11.7. The van der Waals surface area contributed by atoms with Crippen LogP contribution in [0.4, 0.5) is 5.69 Å². The van der Waals surface area contributed by atoms with Crippen molar-refractivity contribution in [2.45, 2.75) is 19.5 Å². The van der Waals surface area contributed by atoms with Gasteiger partial charge >= 0.3 is 0 Å². The molecule has 1 aliphatic heterocycles. The van der Waals surface area contributed by atoms with Crippen LogP contribution < -0.4 is 5.32 Å². The standard InChI is InChI=1S/C49H36N4/c1-31-28-46-41(30-45(31)53-43-24-11-7-20-37(43)38-21-8-12-25-44(38)53)39-22-9-10-23-42(39)52(46)35-18-13-17-34(29-35)49-50-47(33-15-3-2-4-16-33)40-27-26-32-14-5-6-19-36(32)48(40)51-49/h2-27,29-31,49,51H,28H2,1H3. The molecule has 4 nitrogen and oxygen atoms in total. The van der Waals surface area contributed by atoms with Crippen molar-refractivity contribution in [2.24, 2.45) is 10.9 Å². The van der Waals surface area contributed by atoms with Gasteiger partial charge in [-0.2, -0.15) is 0 Å². The summed E-state index contributed by atoms with van der Waals surface area (Å²) in [5.74, 6) is 0.302. The van der Waals surface area contributed by atoms with Gasteiger partial charge in [-0.15, -0.1) is 0 Å². The van der Waals surface area contributed by atoms with E-state index < -0.39 is 0 Å². The highest BCUT2D eigenvalue weighted by molar-refractivity contribution is 6.20. The summed E-state index contributed by atoms with van der Waals surface area (Å²) in [6.07, 6.45) is 3.15. The van der Waals surface area contributed by atoms with Crippen molar-refractivity contribution in [3.05, 3.63) is 192 Å². The molecule has 252 valence electrons. The molecule has 0 bridgehead atoms. The van der Waals surface area contributed by atoms with Crippen molar-refractivity contribution < 1.29 is 0 Å². The molecule has 2 aromatic heterocycles. The first kappa shape index (κ1) is 30.0. The second-order valence-corrected chi connectivity index (χ2v) is 14.5. The Kier molecular flexibility index (Phi) is 6.62. The summed E-state index contributed by atoms with van der Waals surface area (Å²) < 4.78 is 5.00. The van der Waals surface area contributed by atoms with Gasteiger partial charge in [-0.05, 0) is 53.8 Å². The molecule has 11 rings (SSSR count). The average Bonchev–Trinajstić information content (AvgIpc) is 3.72. The summed E-state index contributed by atoms with van der Waals surface area (Å²) in [5, 5.41) is 10.2. The van der Waals surface area contributed by atoms with Gasteiger partial charge in [0.15, 0.2) is 0 Å². The predicted molar refractivity (Wildman–Crippen MR) is 222 cm³/mol. The smallest absolute Gasteiger partial charge is 0.145 e. The molecule has 0 spiro atoms. The van der Waals surface area contributed by atoms with Gasteiger partial charge < -0.3 is 14.5 Å². The quantitative estimate of drug-likeness (QED) is 0.197. The fourth-order valence-electron chi connectivity index (χ4n) is 8.96. The van der Waals surface area contributed by atoms with E-state index in [1.165, 1.54) is 60.4 Å². The lowest BCUT2D eigenvalue weighted by Gasteiger charge is -2.28. The maximum Gasteiger partial charge on any atom is 0.145 e. The summed E-state index contributed by atoms with van der Waals surface area (Å²) in [6, 6.07) is 59.1. The van der Waals surface area contributed by atoms with Gasteiger partial charge in [0.1, 0.15) is 6.17 Å². The molecule has 1 aliphatic carbocycles. The number of nitrogens with zero attached hydrogens (tertiary/aromatic N) is 3. The van der Waals surface area contributed by atoms with Gasteiger partial charge in [0.05, 0.1) is 27.9 Å². The van der Waals surface area contributed by atoms with E-state index in [-0.39, 0.29) is 6.17 Å². The number of para-hydroxylation sites is 3. The van der Waals surface area contributed by atoms with Crippen LogP contribution in [0.3, 0.4) is 0 Å². The first-order chi connectivity index (χ1) is 26.2. The molecule has 2 unspecified atom stereocenters. The molecule has 2 atom stereocenters. The zero-order valence-electron chi connectivity index (χ0n) is 29.4. The molecule has 3 heterocycles. The maximum absolute atomic E-state index is 5.43. The number of hydrogen-bond donors (Lipinski definition) is 1. The number of anilines is 1. The highest BCUT2D eigenvalue weighted by Gasteiger charge is 2.29. The molecule has 0 saturated heterocycles. The van der Waals surface area contributed by atoms with Crippen molar-refractivity contribution in [3.63, 3.8) is 0 Å². The molecule has 0 fully saturated rings. The number of aliphatic imine (C=N–C) groups is 1. The number of benzene rings is 7. The van der Waals surface area contributed by atoms with E-state index in [0.29, 0.717) is 5.92 Å². The van der Waals surface area contributed by atoms with E-state index in [1.54, 1.807) is 0 Å². The Balaban J connectivity index is 1.08. The topological polar surface area (TPSA) is 34.2 Å². The third-order valence-corrected chi connectivity index (χ3v) is 11.4. The van der Waals surface area contributed by atoms with Crippen LogP contribution in [0.15, 0.2) is 169 Å². The number of fused-ring (bicyclic) bond motifs is 9. The van der Waals surface area contributed by atoms with Gasteiger partial charge in [-0.3, -0.25) is 4.99 Å². The lowest BCUT2D eigenvalue weighted by Crippen LogP contribution is -2.21. The molecule has 0 saturated carbocycles. The predicted octanol–water partition coefficient (Wildman–Crippen LogP) is 12.0. The zero-order chi connectivity index (χ0) is 35.0. The molecular weight excluding hydrogens is 645 g/mol. The zero-order valence-corrected chi connectivity index (χ0v) is 29.4. The Morgan fingerprint density at radius 2 is 1.23 bits per heavy atom. The van der Waals surface area contributed by atoms with Crippen LogP contribution in [-0.2, 0) is 6.42 Å². The van der Waals surface area contributed by atoms with Crippen LogP contribution in [-0.4, -0.2) is 14.8 Å². The normalized spacial score (nSPS) is 16.7. The second-order valence-electron chi connectivity index (χ2n) is 14.5. The molecule has 0 amide bonds. The third-order valence-electron chi connectivity index (χ3n) is 11.4. The molecule has 9 aromatic rings. The molecule has 53 heavy (non-hydrogen) atoms. The Morgan fingerprint density at radius 1 is 0.585 bits per heavy atom. The molecule has 2 aliphatic rings. The maximum atomic E-state index is 5.43. The summed E-state index contributed by atoms with van der Waals surface area (Å²) >= 11 is 0. The first-order valence-corrected chi connectivity index (χ1v) is 18.6. The lowest BCUT2D eigenvalue weighted by atomic mass is 9.91. The van der Waals surface area contributed by atoms with E-state index in [2.05, 4.69) is 191 Å². The Hall–Kier alpha value is -6.65. The summed E-state index contributed by atoms with van der Waals surface area (Å²) in [5.41, 5.74) is 14.4. The van der Waals surface area contributed by atoms with Crippen molar-refractivity contribution in [1.29, 1.82) is 0 Å². The molecule has 4 heteroatoms. The summed E-state index contributed by atoms with van der Waals surface area (Å²) in [4.78, 5) is 5.43. The average molecular weight is 681 g/mol. The minimum Gasteiger partial charge on any atom is -0.359 e. The van der Waals surface area contributed by atoms with Crippen LogP contribution in [0.2, 0.25) is 0 Å². The Labute approximate surface area is 308 Å². The Morgan fingerprint density at radius 3 is 1.98 bits per heavy atom. The Bertz CT molecular complexity index is 2920. The first-order valence-electron chi connectivity index (χ1n) is 18.6. The number of aromatic nitrogens is 2. The van der Waals surface area contributed by atoms with E-state index >= 15 is 0 Å². The minimum absolute atomic E-state index is 0.248. The van der Waals surface area contributed by atoms with E-state index in [9.17, 15) is 0 Å². The minimum atomic E-state index is -0.248. The number of nitrogens with one attached hydrogen (secondary N) is 1. The van der Waals surface area contributed by atoms with Gasteiger partial charge in [0, 0.05) is 61.2 Å². The fraction of sp³-hybridized carbons (Fsp3) is 0.0816. The van der Waals surface area contributed by atoms with Crippen molar-refractivity contribution in [3.8, 4) is 5.69 Å². The fourth-order valence-corrected chi connectivity index (χ4v) is 8.96. The van der Waals surface area contributed by atoms with Crippen molar-refractivity contribution in [1.82, 2.24) is 9.13 Å². The van der Waals surface area contributed by atoms with Crippen molar-refractivity contribution in [2.75, 3.05) is 5.32 Å². The van der Waals surface area contributed by atoms with Crippen LogP contribution >= 0.6 is 0 Å². The SMILES string of the molecule is CC1Cc2c(c3ccccc3n2-c2cccc(C3N=C(c4ccccc4)c4ccc5ccccc5c4N3)c2)C=C1n1c2ccccc2c2ccccc21. The highest BCUT2D eigenvalue weighted by atomic mass is 15.1. The third kappa shape index (κ3) is 4.58. The van der Waals surface area contributed by atoms with Gasteiger partial charge in [-0.1, -0.05) is 140 Å². The highest BCUT2D eigenvalue weighted by Crippen LogP contribution is 2.43. The van der Waals surface area contributed by atoms with Gasteiger partial charge in [-0.25, -0.2) is 0 Å². The largest absolute Gasteiger partial charge is 0.359 e. The van der Waals surface area contributed by atoms with E-state index in [4.69, 9.17) is 4.99 Å². The lowest BCUT2D eigenvalue weighted by molar-refractivity contribution is 0.683. The van der Waals surface area contributed by atoms with Gasteiger partial charge in [0.25, 0.3) is 0 Å². The van der Waals surface area contributed by atoms with Gasteiger partial charge in [0.2, 0.25) is 0 Å². The van der Waals surface area contributed by atoms with Crippen LogP contribution in [0.25, 0.3) is 60.9 Å². The van der Waals surface area contributed by atoms with Crippen LogP contribution in [0, 0.1) is 5.92 Å². The summed E-state index contributed by atoms with van der Waals surface area (Å²) in [6.45, 7) is 2.38. The summed E-state index contributed by atoms with van der Waals surface area (Å²) in [7, 11) is 0. The number of rotatable bonds is 4. The van der Waals surface area contributed by atoms with E-state index in [0.717, 1.165) is 40.2 Å².